The number of phenolic OH excluding ortho intramolecular Hbond substituents is 2. The van der Waals surface area contributed by atoms with Crippen molar-refractivity contribution in [3.05, 3.63) is 47.0 Å². The first-order valence-electron chi connectivity index (χ1n) is 11.7. The number of carbonyl (C=O) groups is 2. The van der Waals surface area contributed by atoms with Crippen molar-refractivity contribution in [3.63, 3.8) is 0 Å². The van der Waals surface area contributed by atoms with Gasteiger partial charge >= 0.3 is 0 Å². The van der Waals surface area contributed by atoms with Crippen molar-refractivity contribution in [2.45, 2.75) is 14.0 Å². The van der Waals surface area contributed by atoms with Crippen molar-refractivity contribution >= 4 is 12.6 Å². The lowest BCUT2D eigenvalue weighted by Gasteiger charge is -2.27. The van der Waals surface area contributed by atoms with Crippen molar-refractivity contribution < 1.29 is 43.9 Å². The summed E-state index contributed by atoms with van der Waals surface area (Å²) in [5.41, 5.74) is 1.70. The fraction of sp³-hybridized carbons (Fsp3) is 0.481. The molecule has 214 valence electrons. The number of hydrogen-bond acceptors (Lipinski definition) is 11. The summed E-state index contributed by atoms with van der Waals surface area (Å²) in [5, 5.41) is 29.3. The quantitative estimate of drug-likeness (QED) is 0.401. The molecule has 2 aliphatic rings. The fourth-order valence-corrected chi connectivity index (χ4v) is 3.32. The van der Waals surface area contributed by atoms with E-state index in [9.17, 15) is 14.7 Å². The van der Waals surface area contributed by atoms with E-state index in [1.54, 1.807) is 6.07 Å². The zero-order chi connectivity index (χ0) is 27.5. The minimum atomic E-state index is 0. The molecule has 2 aromatic carbocycles. The van der Waals surface area contributed by atoms with Crippen LogP contribution in [0.3, 0.4) is 0 Å². The minimum absolute atomic E-state index is 0. The predicted molar refractivity (Wildman–Crippen MR) is 145 cm³/mol. The maximum Gasteiger partial charge on any atom is 0.162 e. The molecule has 4 N–H and O–H groups in total. The highest BCUT2D eigenvalue weighted by Crippen LogP contribution is 2.32. The van der Waals surface area contributed by atoms with E-state index in [4.69, 9.17) is 29.2 Å². The number of aldehydes is 2. The monoisotopic (exact) mass is 538 g/mol. The average Bonchev–Trinajstić information content (AvgIpc) is 2.97. The molecule has 0 radical (unpaired) electrons. The molecule has 2 aliphatic heterocycles. The first-order chi connectivity index (χ1) is 18.0. The molecule has 0 aliphatic carbocycles. The number of rotatable bonds is 6. The third-order valence-corrected chi connectivity index (χ3v) is 5.22. The smallest absolute Gasteiger partial charge is 0.162 e. The largest absolute Gasteiger partial charge is 0.504 e. The molecular formula is C27H42N2O9. The van der Waals surface area contributed by atoms with E-state index in [0.29, 0.717) is 54.2 Å². The Morgan fingerprint density at radius 2 is 1.42 bits per heavy atom. The SMILES string of the molecule is C.C1COCCN1.CO.COc1cc(C=O)cc(CN2CCOCC2)c1O.COc1cc(C=O)ccc1O. The van der Waals surface area contributed by atoms with E-state index in [0.717, 1.165) is 52.8 Å². The second kappa shape index (κ2) is 20.8. The van der Waals surface area contributed by atoms with Crippen molar-refractivity contribution in [1.82, 2.24) is 10.2 Å². The molecule has 0 bridgehead atoms. The number of carbonyl (C=O) groups excluding carboxylic acids is 2. The van der Waals surface area contributed by atoms with Crippen LogP contribution in [0.1, 0.15) is 33.7 Å². The third-order valence-electron chi connectivity index (χ3n) is 5.22. The number of aromatic hydroxyl groups is 2. The first-order valence-corrected chi connectivity index (χ1v) is 11.7. The van der Waals surface area contributed by atoms with E-state index >= 15 is 0 Å². The van der Waals surface area contributed by atoms with Crippen molar-refractivity contribution in [2.75, 3.05) is 73.9 Å². The summed E-state index contributed by atoms with van der Waals surface area (Å²) in [6.45, 7) is 7.48. The molecule has 0 unspecified atom stereocenters. The summed E-state index contributed by atoms with van der Waals surface area (Å²) in [6, 6.07) is 7.64. The van der Waals surface area contributed by atoms with Crippen LogP contribution in [0, 0.1) is 0 Å². The van der Waals surface area contributed by atoms with Crippen LogP contribution < -0.4 is 14.8 Å². The maximum absolute atomic E-state index is 10.9. The highest BCUT2D eigenvalue weighted by Gasteiger charge is 2.16. The Morgan fingerprint density at radius 1 is 0.868 bits per heavy atom. The van der Waals surface area contributed by atoms with Crippen LogP contribution in [0.5, 0.6) is 23.0 Å². The number of phenols is 2. The summed E-state index contributed by atoms with van der Waals surface area (Å²) in [7, 11) is 3.91. The molecule has 0 amide bonds. The van der Waals surface area contributed by atoms with Crippen LogP contribution in [0.2, 0.25) is 0 Å². The molecule has 0 saturated carbocycles. The lowest BCUT2D eigenvalue weighted by atomic mass is 10.1. The predicted octanol–water partition coefficient (Wildman–Crippen LogP) is 2.11. The van der Waals surface area contributed by atoms with Gasteiger partial charge in [-0.2, -0.15) is 0 Å². The van der Waals surface area contributed by atoms with Gasteiger partial charge in [0.2, 0.25) is 0 Å². The normalized spacial score (nSPS) is 14.4. The molecule has 11 nitrogen and oxygen atoms in total. The van der Waals surface area contributed by atoms with Crippen LogP contribution in [-0.2, 0) is 16.0 Å². The molecule has 0 atom stereocenters. The number of ether oxygens (including phenoxy) is 4. The Kier molecular flexibility index (Phi) is 19.0. The number of morpholine rings is 2. The molecule has 0 aromatic heterocycles. The van der Waals surface area contributed by atoms with E-state index in [1.807, 2.05) is 0 Å². The van der Waals surface area contributed by atoms with Gasteiger partial charge in [-0.3, -0.25) is 14.5 Å². The van der Waals surface area contributed by atoms with Gasteiger partial charge in [0.25, 0.3) is 0 Å². The van der Waals surface area contributed by atoms with E-state index in [1.165, 1.54) is 38.5 Å². The van der Waals surface area contributed by atoms with Crippen LogP contribution >= 0.6 is 0 Å². The number of aliphatic hydroxyl groups is 1. The zero-order valence-electron chi connectivity index (χ0n) is 21.6. The number of nitrogens with zero attached hydrogens (tertiary/aromatic N) is 1. The molecule has 38 heavy (non-hydrogen) atoms. The maximum atomic E-state index is 10.9. The summed E-state index contributed by atoms with van der Waals surface area (Å²) >= 11 is 0. The number of nitrogens with one attached hydrogen (secondary N) is 1. The minimum Gasteiger partial charge on any atom is -0.504 e. The number of hydrogen-bond donors (Lipinski definition) is 4. The molecule has 0 spiro atoms. The molecular weight excluding hydrogens is 496 g/mol. The third kappa shape index (κ3) is 12.3. The molecule has 2 saturated heterocycles. The van der Waals surface area contributed by atoms with Crippen LogP contribution in [0.25, 0.3) is 0 Å². The Labute approximate surface area is 224 Å². The Morgan fingerprint density at radius 3 is 1.89 bits per heavy atom. The van der Waals surface area contributed by atoms with Gasteiger partial charge in [-0.15, -0.1) is 0 Å². The van der Waals surface area contributed by atoms with Crippen molar-refractivity contribution in [1.29, 1.82) is 0 Å². The molecule has 4 rings (SSSR count). The lowest BCUT2D eigenvalue weighted by Crippen LogP contribution is -2.35. The molecule has 2 aromatic rings. The highest BCUT2D eigenvalue weighted by molar-refractivity contribution is 5.77. The number of aliphatic hydroxyl groups excluding tert-OH is 1. The Balaban J connectivity index is 0.000000582. The zero-order valence-corrected chi connectivity index (χ0v) is 21.6. The molecule has 2 fully saturated rings. The summed E-state index contributed by atoms with van der Waals surface area (Å²) in [6.07, 6.45) is 1.45. The second-order valence-corrected chi connectivity index (χ2v) is 7.65. The van der Waals surface area contributed by atoms with Gasteiger partial charge in [0.15, 0.2) is 23.0 Å². The van der Waals surface area contributed by atoms with Gasteiger partial charge < -0.3 is 39.6 Å². The first kappa shape index (κ1) is 34.8. The van der Waals surface area contributed by atoms with Gasteiger partial charge in [-0.05, 0) is 30.3 Å². The van der Waals surface area contributed by atoms with Crippen LogP contribution in [0.15, 0.2) is 30.3 Å². The van der Waals surface area contributed by atoms with E-state index in [-0.39, 0.29) is 18.9 Å². The van der Waals surface area contributed by atoms with Gasteiger partial charge in [-0.25, -0.2) is 0 Å². The van der Waals surface area contributed by atoms with Gasteiger partial charge in [-0.1, -0.05) is 7.43 Å². The van der Waals surface area contributed by atoms with Crippen LogP contribution in [0.4, 0.5) is 0 Å². The van der Waals surface area contributed by atoms with E-state index < -0.39 is 0 Å². The second-order valence-electron chi connectivity index (χ2n) is 7.65. The molecule has 11 heteroatoms. The van der Waals surface area contributed by atoms with Crippen molar-refractivity contribution in [3.8, 4) is 23.0 Å². The number of benzene rings is 2. The lowest BCUT2D eigenvalue weighted by molar-refractivity contribution is 0.0338. The van der Waals surface area contributed by atoms with Gasteiger partial charge in [0.1, 0.15) is 12.6 Å². The summed E-state index contributed by atoms with van der Waals surface area (Å²) < 4.78 is 20.1. The van der Waals surface area contributed by atoms with E-state index in [2.05, 4.69) is 10.2 Å². The molecule has 2 heterocycles. The Bertz CT molecular complexity index is 919. The standard InChI is InChI=1S/C13H17NO4.C8H8O3.C4H9NO.CH4O.CH4/c1-17-12-7-10(9-15)6-11(13(12)16)8-14-2-4-18-5-3-14;1-11-8-4-6(5-9)2-3-7(8)10;1-3-6-4-2-5-1;1-2;/h6-7,9,16H,2-5,8H2,1H3;2-5,10H,1H3;5H,1-4H2;2H,1H3;1H4. The van der Waals surface area contributed by atoms with Gasteiger partial charge in [0, 0.05) is 56.5 Å². The topological polar surface area (TPSA) is 147 Å². The Hall–Kier alpha value is -3.22. The average molecular weight is 539 g/mol. The van der Waals surface area contributed by atoms with Crippen LogP contribution in [-0.4, -0.2) is 107 Å². The van der Waals surface area contributed by atoms with Gasteiger partial charge in [0.05, 0.1) is 40.6 Å². The summed E-state index contributed by atoms with van der Waals surface area (Å²) in [5.74, 6) is 0.796. The highest BCUT2D eigenvalue weighted by atomic mass is 16.5. The van der Waals surface area contributed by atoms with Crippen molar-refractivity contribution in [2.24, 2.45) is 0 Å². The number of methoxy groups -OCH3 is 2. The summed E-state index contributed by atoms with van der Waals surface area (Å²) in [4.78, 5) is 23.3. The fourth-order valence-electron chi connectivity index (χ4n) is 3.32.